The van der Waals surface area contributed by atoms with Crippen LogP contribution in [0.4, 0.5) is 0 Å². The molecule has 29 heavy (non-hydrogen) atoms. The SMILES string of the molecule is C=C1C[C@H]2[C@@H]3C=C(C)C4=CC(=O)C=C[C@]4(C)[C@H]3CC[C@]2(C)[C@@]1(OC(C)=O)C(C)=O. The van der Waals surface area contributed by atoms with Crippen LogP contribution in [-0.2, 0) is 19.1 Å². The van der Waals surface area contributed by atoms with Crippen LogP contribution in [-0.4, -0.2) is 23.1 Å². The number of esters is 1. The first kappa shape index (κ1) is 20.1. The zero-order valence-electron chi connectivity index (χ0n) is 18.0. The van der Waals surface area contributed by atoms with E-state index >= 15 is 0 Å². The third kappa shape index (κ3) is 2.41. The molecule has 4 aliphatic rings. The monoisotopic (exact) mass is 394 g/mol. The highest BCUT2D eigenvalue weighted by Crippen LogP contribution is 2.68. The minimum atomic E-state index is -1.24. The second kappa shape index (κ2) is 6.13. The molecule has 0 aromatic rings. The lowest BCUT2D eigenvalue weighted by Crippen LogP contribution is -2.58. The van der Waals surface area contributed by atoms with Gasteiger partial charge in [0.15, 0.2) is 17.2 Å². The number of carbonyl (C=O) groups is 3. The van der Waals surface area contributed by atoms with E-state index < -0.39 is 17.0 Å². The van der Waals surface area contributed by atoms with Crippen LogP contribution in [0.1, 0.15) is 53.9 Å². The predicted molar refractivity (Wildman–Crippen MR) is 111 cm³/mol. The van der Waals surface area contributed by atoms with Crippen molar-refractivity contribution in [1.29, 1.82) is 0 Å². The van der Waals surface area contributed by atoms with Gasteiger partial charge in [0.1, 0.15) is 0 Å². The van der Waals surface area contributed by atoms with Gasteiger partial charge in [-0.25, -0.2) is 0 Å². The molecular weight excluding hydrogens is 364 g/mol. The fourth-order valence-corrected chi connectivity index (χ4v) is 7.14. The van der Waals surface area contributed by atoms with E-state index in [9.17, 15) is 14.4 Å². The van der Waals surface area contributed by atoms with Gasteiger partial charge in [0.05, 0.1) is 0 Å². The van der Waals surface area contributed by atoms with E-state index in [1.807, 2.05) is 0 Å². The highest BCUT2D eigenvalue weighted by Gasteiger charge is 2.69. The molecule has 4 nitrogen and oxygen atoms in total. The molecule has 0 saturated heterocycles. The molecule has 0 aliphatic heterocycles. The lowest BCUT2D eigenvalue weighted by Gasteiger charge is -2.56. The van der Waals surface area contributed by atoms with Gasteiger partial charge >= 0.3 is 5.97 Å². The number of hydrogen-bond donors (Lipinski definition) is 0. The van der Waals surface area contributed by atoms with Crippen LogP contribution in [0.3, 0.4) is 0 Å². The number of carbonyl (C=O) groups excluding carboxylic acids is 3. The molecule has 0 aromatic heterocycles. The molecule has 2 fully saturated rings. The van der Waals surface area contributed by atoms with Crippen molar-refractivity contribution in [1.82, 2.24) is 0 Å². The Hall–Kier alpha value is -2.23. The van der Waals surface area contributed by atoms with E-state index in [0.29, 0.717) is 12.3 Å². The summed E-state index contributed by atoms with van der Waals surface area (Å²) < 4.78 is 5.82. The van der Waals surface area contributed by atoms with Gasteiger partial charge in [-0.3, -0.25) is 14.4 Å². The fourth-order valence-electron chi connectivity index (χ4n) is 7.14. The van der Waals surface area contributed by atoms with Gasteiger partial charge in [-0.2, -0.15) is 0 Å². The molecule has 4 rings (SSSR count). The van der Waals surface area contributed by atoms with Crippen molar-refractivity contribution in [3.8, 4) is 0 Å². The summed E-state index contributed by atoms with van der Waals surface area (Å²) in [6, 6.07) is 0. The predicted octanol–water partition coefficient (Wildman–Crippen LogP) is 4.52. The standard InChI is InChI=1S/C25H30O4/c1-14-11-19-20(23(5)9-7-18(28)13-21(14)23)8-10-24(6)22(19)12-15(2)25(24,16(3)26)29-17(4)27/h7,9,11,13,19-20,22H,2,8,10,12H2,1,3-6H3/t19-,20+,22+,23-,24+,25+/m1/s1. The molecule has 6 atom stereocenters. The van der Waals surface area contributed by atoms with E-state index in [1.54, 1.807) is 12.2 Å². The third-order valence-corrected chi connectivity index (χ3v) is 8.38. The van der Waals surface area contributed by atoms with Gasteiger partial charge in [-0.1, -0.05) is 38.2 Å². The summed E-state index contributed by atoms with van der Waals surface area (Å²) in [6.07, 6.45) is 10.2. The van der Waals surface area contributed by atoms with Crippen LogP contribution in [0.15, 0.2) is 47.6 Å². The van der Waals surface area contributed by atoms with Gasteiger partial charge < -0.3 is 4.74 Å². The summed E-state index contributed by atoms with van der Waals surface area (Å²) in [5, 5.41) is 0. The van der Waals surface area contributed by atoms with Crippen molar-refractivity contribution < 1.29 is 19.1 Å². The summed E-state index contributed by atoms with van der Waals surface area (Å²) >= 11 is 0. The number of fused-ring (bicyclic) bond motifs is 5. The molecule has 0 amide bonds. The Balaban J connectivity index is 1.85. The van der Waals surface area contributed by atoms with Crippen LogP contribution in [0.25, 0.3) is 0 Å². The Morgan fingerprint density at radius 3 is 2.52 bits per heavy atom. The van der Waals surface area contributed by atoms with Gasteiger partial charge in [0.2, 0.25) is 0 Å². The van der Waals surface area contributed by atoms with Crippen molar-refractivity contribution in [2.75, 3.05) is 0 Å². The maximum absolute atomic E-state index is 12.9. The first-order valence-corrected chi connectivity index (χ1v) is 10.5. The maximum atomic E-state index is 12.9. The molecular formula is C25H30O4. The number of allylic oxidation sites excluding steroid dienone is 6. The Morgan fingerprint density at radius 1 is 1.21 bits per heavy atom. The Kier molecular flexibility index (Phi) is 4.24. The van der Waals surface area contributed by atoms with Crippen molar-refractivity contribution in [2.45, 2.75) is 59.5 Å². The van der Waals surface area contributed by atoms with Crippen molar-refractivity contribution in [3.63, 3.8) is 0 Å². The molecule has 0 bridgehead atoms. The Bertz CT molecular complexity index is 934. The lowest BCUT2D eigenvalue weighted by molar-refractivity contribution is -0.179. The molecule has 0 radical (unpaired) electrons. The zero-order valence-corrected chi connectivity index (χ0v) is 18.0. The number of ether oxygens (including phenoxy) is 1. The van der Waals surface area contributed by atoms with Gasteiger partial charge in [0.25, 0.3) is 0 Å². The molecule has 2 saturated carbocycles. The molecule has 0 unspecified atom stereocenters. The molecule has 4 aliphatic carbocycles. The minimum absolute atomic E-state index is 0.0454. The van der Waals surface area contributed by atoms with Crippen LogP contribution >= 0.6 is 0 Å². The van der Waals surface area contributed by atoms with Crippen LogP contribution in [0, 0.1) is 28.6 Å². The highest BCUT2D eigenvalue weighted by atomic mass is 16.6. The molecule has 154 valence electrons. The van der Waals surface area contributed by atoms with Crippen LogP contribution in [0.5, 0.6) is 0 Å². The van der Waals surface area contributed by atoms with Crippen LogP contribution < -0.4 is 0 Å². The number of rotatable bonds is 2. The molecule has 0 aromatic carbocycles. The summed E-state index contributed by atoms with van der Waals surface area (Å²) in [7, 11) is 0. The molecule has 0 spiro atoms. The molecule has 0 N–H and O–H groups in total. The number of ketones is 2. The van der Waals surface area contributed by atoms with E-state index in [2.05, 4.69) is 39.5 Å². The van der Waals surface area contributed by atoms with Crippen molar-refractivity contribution >= 4 is 17.5 Å². The Morgan fingerprint density at radius 2 is 1.90 bits per heavy atom. The normalized spacial score (nSPS) is 43.0. The van der Waals surface area contributed by atoms with Gasteiger partial charge in [-0.15, -0.1) is 0 Å². The largest absolute Gasteiger partial charge is 0.446 e. The smallest absolute Gasteiger partial charge is 0.303 e. The summed E-state index contributed by atoms with van der Waals surface area (Å²) in [6.45, 7) is 13.5. The number of hydrogen-bond acceptors (Lipinski definition) is 4. The summed E-state index contributed by atoms with van der Waals surface area (Å²) in [5.41, 5.74) is 1.05. The quantitative estimate of drug-likeness (QED) is 0.510. The zero-order chi connectivity index (χ0) is 21.4. The first-order chi connectivity index (χ1) is 13.5. The average molecular weight is 395 g/mol. The second-order valence-electron chi connectivity index (χ2n) is 9.81. The average Bonchev–Trinajstić information content (AvgIpc) is 2.85. The van der Waals surface area contributed by atoms with Crippen molar-refractivity contribution in [2.24, 2.45) is 28.6 Å². The fraction of sp³-hybridized carbons (Fsp3) is 0.560. The molecule has 4 heteroatoms. The topological polar surface area (TPSA) is 60.4 Å². The third-order valence-electron chi connectivity index (χ3n) is 8.38. The highest BCUT2D eigenvalue weighted by molar-refractivity contribution is 6.02. The second-order valence-corrected chi connectivity index (χ2v) is 9.81. The number of Topliss-reactive ketones (excluding diaryl/α,β-unsaturated/α-hetero) is 1. The summed E-state index contributed by atoms with van der Waals surface area (Å²) in [5.74, 6) is 0.217. The molecule has 0 heterocycles. The summed E-state index contributed by atoms with van der Waals surface area (Å²) in [4.78, 5) is 36.9. The van der Waals surface area contributed by atoms with Crippen LogP contribution in [0.2, 0.25) is 0 Å². The van der Waals surface area contributed by atoms with E-state index in [0.717, 1.165) is 29.6 Å². The van der Waals surface area contributed by atoms with E-state index in [4.69, 9.17) is 4.74 Å². The minimum Gasteiger partial charge on any atom is -0.446 e. The van der Waals surface area contributed by atoms with E-state index in [1.165, 1.54) is 13.8 Å². The van der Waals surface area contributed by atoms with Crippen molar-refractivity contribution in [3.05, 3.63) is 47.6 Å². The Labute approximate surface area is 172 Å². The maximum Gasteiger partial charge on any atom is 0.303 e. The lowest BCUT2D eigenvalue weighted by atomic mass is 9.48. The van der Waals surface area contributed by atoms with E-state index in [-0.39, 0.29) is 28.8 Å². The van der Waals surface area contributed by atoms with Gasteiger partial charge in [-0.05, 0) is 74.2 Å². The first-order valence-electron chi connectivity index (χ1n) is 10.5. The van der Waals surface area contributed by atoms with Gasteiger partial charge in [0, 0.05) is 17.8 Å².